The number of hydrogen-bond donors (Lipinski definition) is 0. The summed E-state index contributed by atoms with van der Waals surface area (Å²) in [6, 6.07) is 12.0. The highest BCUT2D eigenvalue weighted by Gasteiger charge is 2.26. The molecule has 116 valence electrons. The van der Waals surface area contributed by atoms with E-state index in [-0.39, 0.29) is 5.91 Å². The number of amides is 1. The van der Waals surface area contributed by atoms with Gasteiger partial charge in [0.1, 0.15) is 5.52 Å². The number of carbonyl (C=O) groups is 1. The van der Waals surface area contributed by atoms with Crippen molar-refractivity contribution in [1.82, 2.24) is 19.5 Å². The molecule has 3 heterocycles. The van der Waals surface area contributed by atoms with E-state index < -0.39 is 0 Å². The Labute approximate surface area is 134 Å². The number of rotatable bonds is 3. The van der Waals surface area contributed by atoms with Crippen molar-refractivity contribution in [2.75, 3.05) is 24.5 Å². The lowest BCUT2D eigenvalue weighted by molar-refractivity contribution is -0.131. The van der Waals surface area contributed by atoms with Gasteiger partial charge in [-0.05, 0) is 11.6 Å². The largest absolute Gasteiger partial charge is 0.344 e. The van der Waals surface area contributed by atoms with Gasteiger partial charge in [0.15, 0.2) is 5.82 Å². The van der Waals surface area contributed by atoms with Gasteiger partial charge in [0.25, 0.3) is 0 Å². The maximum absolute atomic E-state index is 12.5. The Bertz CT molecular complexity index is 829. The molecule has 2 aromatic heterocycles. The SMILES string of the molecule is O=C1CN(c2nccn3nccc23)CCN1Cc1ccccc1. The van der Waals surface area contributed by atoms with Gasteiger partial charge in [0.05, 0.1) is 12.7 Å². The Morgan fingerprint density at radius 3 is 2.74 bits per heavy atom. The molecule has 3 aromatic rings. The fourth-order valence-electron chi connectivity index (χ4n) is 2.95. The molecule has 23 heavy (non-hydrogen) atoms. The van der Waals surface area contributed by atoms with E-state index in [1.807, 2.05) is 52.4 Å². The lowest BCUT2D eigenvalue weighted by Gasteiger charge is -2.35. The van der Waals surface area contributed by atoms with E-state index in [1.165, 1.54) is 0 Å². The van der Waals surface area contributed by atoms with Crippen LogP contribution < -0.4 is 4.90 Å². The fourth-order valence-corrected chi connectivity index (χ4v) is 2.95. The Morgan fingerprint density at radius 1 is 1.04 bits per heavy atom. The van der Waals surface area contributed by atoms with Crippen molar-refractivity contribution in [1.29, 1.82) is 0 Å². The minimum Gasteiger partial charge on any atom is -0.344 e. The van der Waals surface area contributed by atoms with E-state index in [0.717, 1.165) is 23.4 Å². The van der Waals surface area contributed by atoms with Crippen LogP contribution in [0.1, 0.15) is 5.56 Å². The number of fused-ring (bicyclic) bond motifs is 1. The van der Waals surface area contributed by atoms with Crippen LogP contribution in [0.3, 0.4) is 0 Å². The van der Waals surface area contributed by atoms with Crippen LogP contribution in [0.25, 0.3) is 5.52 Å². The third-order valence-electron chi connectivity index (χ3n) is 4.14. The van der Waals surface area contributed by atoms with Crippen LogP contribution in [0.15, 0.2) is 55.0 Å². The monoisotopic (exact) mass is 307 g/mol. The summed E-state index contributed by atoms with van der Waals surface area (Å²) in [6.45, 7) is 2.49. The van der Waals surface area contributed by atoms with Gasteiger partial charge >= 0.3 is 0 Å². The van der Waals surface area contributed by atoms with Gasteiger partial charge in [0, 0.05) is 32.0 Å². The lowest BCUT2D eigenvalue weighted by Crippen LogP contribution is -2.50. The van der Waals surface area contributed by atoms with Crippen molar-refractivity contribution in [2.45, 2.75) is 6.54 Å². The van der Waals surface area contributed by atoms with Crippen molar-refractivity contribution in [2.24, 2.45) is 0 Å². The summed E-state index contributed by atoms with van der Waals surface area (Å²) in [4.78, 5) is 20.9. The smallest absolute Gasteiger partial charge is 0.242 e. The molecule has 4 rings (SSSR count). The van der Waals surface area contributed by atoms with E-state index in [1.54, 1.807) is 16.9 Å². The molecular formula is C17H17N5O. The molecule has 0 bridgehead atoms. The lowest BCUT2D eigenvalue weighted by atomic mass is 10.2. The number of carbonyl (C=O) groups excluding carboxylic acids is 1. The number of nitrogens with zero attached hydrogens (tertiary/aromatic N) is 5. The van der Waals surface area contributed by atoms with Crippen LogP contribution in [0, 0.1) is 0 Å². The number of aromatic nitrogens is 3. The Kier molecular flexibility index (Phi) is 3.42. The predicted octanol–water partition coefficient (Wildman–Crippen LogP) is 1.58. The molecule has 0 aliphatic carbocycles. The van der Waals surface area contributed by atoms with E-state index >= 15 is 0 Å². The molecule has 0 unspecified atom stereocenters. The first-order valence-electron chi connectivity index (χ1n) is 7.66. The molecule has 0 saturated carbocycles. The first-order valence-corrected chi connectivity index (χ1v) is 7.66. The topological polar surface area (TPSA) is 53.7 Å². The van der Waals surface area contributed by atoms with Crippen LogP contribution in [0.4, 0.5) is 5.82 Å². The molecule has 0 spiro atoms. The van der Waals surface area contributed by atoms with Gasteiger partial charge in [-0.25, -0.2) is 9.50 Å². The Balaban J connectivity index is 1.51. The molecule has 1 aliphatic rings. The summed E-state index contributed by atoms with van der Waals surface area (Å²) in [6.07, 6.45) is 5.27. The van der Waals surface area contributed by atoms with Gasteiger partial charge in [-0.2, -0.15) is 5.10 Å². The van der Waals surface area contributed by atoms with Crippen molar-refractivity contribution in [3.05, 3.63) is 60.6 Å². The average Bonchev–Trinajstić information content (AvgIpc) is 3.06. The summed E-state index contributed by atoms with van der Waals surface area (Å²) in [7, 11) is 0. The molecule has 0 radical (unpaired) electrons. The van der Waals surface area contributed by atoms with Crippen molar-refractivity contribution in [3.8, 4) is 0 Å². The van der Waals surface area contributed by atoms with Crippen LogP contribution in [-0.2, 0) is 11.3 Å². The zero-order valence-electron chi connectivity index (χ0n) is 12.7. The van der Waals surface area contributed by atoms with Gasteiger partial charge < -0.3 is 9.80 Å². The highest BCUT2D eigenvalue weighted by atomic mass is 16.2. The standard InChI is InChI=1S/C17H17N5O/c23-16-13-21(17-15-6-7-19-22(15)9-8-18-17)11-10-20(16)12-14-4-2-1-3-5-14/h1-9H,10-13H2. The summed E-state index contributed by atoms with van der Waals surface area (Å²) in [5, 5.41) is 4.22. The van der Waals surface area contributed by atoms with Crippen molar-refractivity contribution >= 4 is 17.2 Å². The van der Waals surface area contributed by atoms with Gasteiger partial charge in [-0.1, -0.05) is 30.3 Å². The molecule has 1 saturated heterocycles. The minimum absolute atomic E-state index is 0.128. The predicted molar refractivity (Wildman–Crippen MR) is 87.1 cm³/mol. The molecule has 6 heteroatoms. The summed E-state index contributed by atoms with van der Waals surface area (Å²) < 4.78 is 1.78. The summed E-state index contributed by atoms with van der Waals surface area (Å²) >= 11 is 0. The zero-order valence-corrected chi connectivity index (χ0v) is 12.7. The quantitative estimate of drug-likeness (QED) is 0.737. The zero-order chi connectivity index (χ0) is 15.6. The van der Waals surface area contributed by atoms with Crippen LogP contribution in [0.5, 0.6) is 0 Å². The second-order valence-electron chi connectivity index (χ2n) is 5.63. The molecular weight excluding hydrogens is 290 g/mol. The Hall–Kier alpha value is -2.89. The third kappa shape index (κ3) is 2.63. The number of piperazine rings is 1. The van der Waals surface area contributed by atoms with Gasteiger partial charge in [-0.3, -0.25) is 4.79 Å². The molecule has 1 aliphatic heterocycles. The fraction of sp³-hybridized carbons (Fsp3) is 0.235. The first-order chi connectivity index (χ1) is 11.3. The normalized spacial score (nSPS) is 15.4. The highest BCUT2D eigenvalue weighted by molar-refractivity contribution is 5.84. The van der Waals surface area contributed by atoms with Crippen LogP contribution in [-0.4, -0.2) is 45.0 Å². The second kappa shape index (κ2) is 5.72. The number of anilines is 1. The summed E-state index contributed by atoms with van der Waals surface area (Å²) in [5.41, 5.74) is 2.09. The minimum atomic E-state index is 0.128. The van der Waals surface area contributed by atoms with E-state index in [2.05, 4.69) is 10.1 Å². The molecule has 1 fully saturated rings. The molecule has 1 amide bonds. The highest BCUT2D eigenvalue weighted by Crippen LogP contribution is 2.20. The van der Waals surface area contributed by atoms with Crippen molar-refractivity contribution in [3.63, 3.8) is 0 Å². The second-order valence-corrected chi connectivity index (χ2v) is 5.63. The van der Waals surface area contributed by atoms with Crippen molar-refractivity contribution < 1.29 is 4.79 Å². The summed E-state index contributed by atoms with van der Waals surface area (Å²) in [5.74, 6) is 0.945. The van der Waals surface area contributed by atoms with Gasteiger partial charge in [-0.15, -0.1) is 0 Å². The maximum Gasteiger partial charge on any atom is 0.242 e. The maximum atomic E-state index is 12.5. The first kappa shape index (κ1) is 13.8. The molecule has 0 atom stereocenters. The van der Waals surface area contributed by atoms with E-state index in [9.17, 15) is 4.79 Å². The van der Waals surface area contributed by atoms with E-state index in [4.69, 9.17) is 0 Å². The number of hydrogen-bond acceptors (Lipinski definition) is 4. The van der Waals surface area contributed by atoms with Crippen LogP contribution >= 0.6 is 0 Å². The molecule has 0 N–H and O–H groups in total. The average molecular weight is 307 g/mol. The molecule has 6 nitrogen and oxygen atoms in total. The number of benzene rings is 1. The van der Waals surface area contributed by atoms with Crippen LogP contribution in [0.2, 0.25) is 0 Å². The van der Waals surface area contributed by atoms with Gasteiger partial charge in [0.2, 0.25) is 5.91 Å². The Morgan fingerprint density at radius 2 is 1.91 bits per heavy atom. The third-order valence-corrected chi connectivity index (χ3v) is 4.14. The molecule has 1 aromatic carbocycles. The van der Waals surface area contributed by atoms with E-state index in [0.29, 0.717) is 19.6 Å².